The van der Waals surface area contributed by atoms with E-state index < -0.39 is 18.1 Å². The highest BCUT2D eigenvalue weighted by Crippen LogP contribution is 2.44. The number of hydrogen-bond donors (Lipinski definition) is 2. The van der Waals surface area contributed by atoms with Crippen LogP contribution in [0.4, 0.5) is 4.79 Å². The zero-order chi connectivity index (χ0) is 23.7. The lowest BCUT2D eigenvalue weighted by Gasteiger charge is -2.41. The second-order valence-electron chi connectivity index (χ2n) is 9.61. The number of likely N-dealkylation sites (tertiary alicyclic amines) is 1. The molecule has 7 nitrogen and oxygen atoms in total. The van der Waals surface area contributed by atoms with Gasteiger partial charge in [-0.3, -0.25) is 4.79 Å². The maximum Gasteiger partial charge on any atom is 0.407 e. The number of aliphatic carboxylic acids is 1. The monoisotopic (exact) mass is 462 g/mol. The lowest BCUT2D eigenvalue weighted by atomic mass is 9.80. The Morgan fingerprint density at radius 2 is 1.65 bits per heavy atom. The molecule has 3 unspecified atom stereocenters. The van der Waals surface area contributed by atoms with Gasteiger partial charge in [-0.25, -0.2) is 9.59 Å². The van der Waals surface area contributed by atoms with Crippen LogP contribution in [-0.4, -0.2) is 53.7 Å². The summed E-state index contributed by atoms with van der Waals surface area (Å²) in [5.74, 6) is -0.931. The number of nitrogens with one attached hydrogen (secondary N) is 1. The van der Waals surface area contributed by atoms with Gasteiger partial charge in [0.05, 0.1) is 0 Å². The number of carboxylic acids is 1. The van der Waals surface area contributed by atoms with Crippen molar-refractivity contribution in [2.75, 3.05) is 19.7 Å². The average molecular weight is 463 g/mol. The first-order valence-electron chi connectivity index (χ1n) is 12.1. The number of nitrogens with zero attached hydrogens (tertiary/aromatic N) is 1. The van der Waals surface area contributed by atoms with Crippen molar-refractivity contribution in [2.24, 2.45) is 11.8 Å². The second kappa shape index (κ2) is 9.49. The van der Waals surface area contributed by atoms with Crippen LogP contribution in [0.2, 0.25) is 0 Å². The fraction of sp³-hybridized carbons (Fsp3) is 0.444. The maximum absolute atomic E-state index is 12.8. The molecule has 3 atom stereocenters. The molecular weight excluding hydrogens is 432 g/mol. The first kappa shape index (κ1) is 22.4. The van der Waals surface area contributed by atoms with E-state index in [9.17, 15) is 19.5 Å². The normalized spacial score (nSPS) is 23.4. The molecule has 34 heavy (non-hydrogen) atoms. The van der Waals surface area contributed by atoms with Crippen LogP contribution in [0.3, 0.4) is 0 Å². The number of hydrogen-bond acceptors (Lipinski definition) is 4. The highest BCUT2D eigenvalue weighted by molar-refractivity contribution is 5.86. The number of carbonyl (C=O) groups is 3. The number of carbonyl (C=O) groups excluding carboxylic acids is 2. The number of rotatable bonds is 6. The minimum Gasteiger partial charge on any atom is -0.480 e. The Morgan fingerprint density at radius 1 is 0.971 bits per heavy atom. The summed E-state index contributed by atoms with van der Waals surface area (Å²) in [5, 5.41) is 12.1. The van der Waals surface area contributed by atoms with Crippen LogP contribution in [0.1, 0.15) is 49.1 Å². The number of ether oxygens (including phenoxy) is 1. The van der Waals surface area contributed by atoms with E-state index in [1.54, 1.807) is 0 Å². The minimum atomic E-state index is -0.927. The van der Waals surface area contributed by atoms with Gasteiger partial charge < -0.3 is 20.1 Å². The fourth-order valence-corrected chi connectivity index (χ4v) is 5.72. The number of alkyl carbamates (subject to hydrolysis) is 1. The quantitative estimate of drug-likeness (QED) is 0.676. The van der Waals surface area contributed by atoms with Crippen molar-refractivity contribution < 1.29 is 24.2 Å². The van der Waals surface area contributed by atoms with Crippen LogP contribution in [0, 0.1) is 11.8 Å². The van der Waals surface area contributed by atoms with E-state index in [4.69, 9.17) is 4.74 Å². The summed E-state index contributed by atoms with van der Waals surface area (Å²) in [6.45, 7) is 1.26. The molecule has 1 aliphatic heterocycles. The number of fused-ring (bicyclic) bond motifs is 3. The number of carboxylic acid groups (broad SMARTS) is 1. The molecule has 1 saturated carbocycles. The Kier molecular flexibility index (Phi) is 6.26. The standard InChI is InChI=1S/C27H30N2O5/c30-25(29-13-12-24(29)26(31)32)18-7-5-6-17(14-18)15-28-27(33)34-16-23-21-10-3-1-8-19(21)20-9-2-4-11-22(20)23/h1-4,8-11,17-18,23-24H,5-7,12-16H2,(H,28,33)(H,31,32). The van der Waals surface area contributed by atoms with Gasteiger partial charge in [0, 0.05) is 24.9 Å². The molecule has 2 amide bonds. The van der Waals surface area contributed by atoms with E-state index in [2.05, 4.69) is 29.6 Å². The Bertz CT molecular complexity index is 1050. The maximum atomic E-state index is 12.8. The van der Waals surface area contributed by atoms with E-state index >= 15 is 0 Å². The van der Waals surface area contributed by atoms with Crippen LogP contribution >= 0.6 is 0 Å². The molecule has 178 valence electrons. The Morgan fingerprint density at radius 3 is 2.26 bits per heavy atom. The van der Waals surface area contributed by atoms with Crippen LogP contribution in [0.25, 0.3) is 11.1 Å². The zero-order valence-corrected chi connectivity index (χ0v) is 19.1. The summed E-state index contributed by atoms with van der Waals surface area (Å²) in [6, 6.07) is 15.8. The highest BCUT2D eigenvalue weighted by atomic mass is 16.5. The van der Waals surface area contributed by atoms with Crippen molar-refractivity contribution in [2.45, 2.75) is 44.1 Å². The summed E-state index contributed by atoms with van der Waals surface area (Å²) in [5.41, 5.74) is 4.74. The molecule has 7 heteroatoms. The van der Waals surface area contributed by atoms with Crippen LogP contribution in [-0.2, 0) is 14.3 Å². The van der Waals surface area contributed by atoms with E-state index in [0.29, 0.717) is 25.9 Å². The van der Waals surface area contributed by atoms with E-state index in [0.717, 1.165) is 19.3 Å². The molecule has 5 rings (SSSR count). The van der Waals surface area contributed by atoms with Crippen LogP contribution in [0.15, 0.2) is 48.5 Å². The lowest BCUT2D eigenvalue weighted by molar-refractivity contribution is -0.160. The molecule has 0 spiro atoms. The molecule has 0 radical (unpaired) electrons. The topological polar surface area (TPSA) is 95.9 Å². The van der Waals surface area contributed by atoms with Gasteiger partial charge in [0.15, 0.2) is 0 Å². The summed E-state index contributed by atoms with van der Waals surface area (Å²) < 4.78 is 5.62. The second-order valence-corrected chi connectivity index (χ2v) is 9.61. The van der Waals surface area contributed by atoms with Gasteiger partial charge in [-0.2, -0.15) is 0 Å². The van der Waals surface area contributed by atoms with Crippen molar-refractivity contribution in [1.82, 2.24) is 10.2 Å². The summed E-state index contributed by atoms with van der Waals surface area (Å²) in [4.78, 5) is 38.0. The predicted octanol–water partition coefficient (Wildman–Crippen LogP) is 4.02. The summed E-state index contributed by atoms with van der Waals surface area (Å²) in [7, 11) is 0. The highest BCUT2D eigenvalue weighted by Gasteiger charge is 2.41. The zero-order valence-electron chi connectivity index (χ0n) is 19.1. The Balaban J connectivity index is 1.12. The molecule has 2 aliphatic carbocycles. The molecule has 1 heterocycles. The molecular formula is C27H30N2O5. The lowest BCUT2D eigenvalue weighted by Crippen LogP contribution is -2.57. The smallest absolute Gasteiger partial charge is 0.407 e. The Labute approximate surface area is 199 Å². The van der Waals surface area contributed by atoms with Crippen molar-refractivity contribution in [3.05, 3.63) is 59.7 Å². The Hall–Kier alpha value is -3.35. The van der Waals surface area contributed by atoms with Crippen molar-refractivity contribution in [3.8, 4) is 11.1 Å². The first-order valence-corrected chi connectivity index (χ1v) is 12.1. The molecule has 2 aromatic rings. The summed E-state index contributed by atoms with van der Waals surface area (Å²) >= 11 is 0. The summed E-state index contributed by atoms with van der Waals surface area (Å²) in [6.07, 6.45) is 3.38. The van der Waals surface area contributed by atoms with Gasteiger partial charge in [-0.05, 0) is 53.9 Å². The molecule has 2 N–H and O–H groups in total. The molecule has 2 fully saturated rings. The van der Waals surface area contributed by atoms with E-state index in [1.165, 1.54) is 27.2 Å². The molecule has 0 bridgehead atoms. The van der Waals surface area contributed by atoms with Gasteiger partial charge >= 0.3 is 12.1 Å². The van der Waals surface area contributed by atoms with Crippen molar-refractivity contribution >= 4 is 18.0 Å². The molecule has 2 aromatic carbocycles. The predicted molar refractivity (Wildman–Crippen MR) is 126 cm³/mol. The third-order valence-corrected chi connectivity index (χ3v) is 7.60. The average Bonchev–Trinajstić information content (AvgIpc) is 3.14. The first-order chi connectivity index (χ1) is 16.5. The van der Waals surface area contributed by atoms with Crippen molar-refractivity contribution in [3.63, 3.8) is 0 Å². The molecule has 1 saturated heterocycles. The van der Waals surface area contributed by atoms with Crippen molar-refractivity contribution in [1.29, 1.82) is 0 Å². The van der Waals surface area contributed by atoms with E-state index in [1.807, 2.05) is 24.3 Å². The number of benzene rings is 2. The van der Waals surface area contributed by atoms with Gasteiger partial charge in [0.1, 0.15) is 12.6 Å². The fourth-order valence-electron chi connectivity index (χ4n) is 5.72. The number of amides is 2. The minimum absolute atomic E-state index is 0.0218. The SMILES string of the molecule is O=C(NCC1CCCC(C(=O)N2CCC2C(=O)O)C1)OCC1c2ccccc2-c2ccccc21. The van der Waals surface area contributed by atoms with E-state index in [-0.39, 0.29) is 30.3 Å². The van der Waals surface area contributed by atoms with Crippen LogP contribution in [0.5, 0.6) is 0 Å². The third-order valence-electron chi connectivity index (χ3n) is 7.60. The van der Waals surface area contributed by atoms with Gasteiger partial charge in [-0.1, -0.05) is 55.0 Å². The van der Waals surface area contributed by atoms with Gasteiger partial charge in [0.25, 0.3) is 0 Å². The van der Waals surface area contributed by atoms with Gasteiger partial charge in [-0.15, -0.1) is 0 Å². The molecule has 0 aromatic heterocycles. The molecule has 3 aliphatic rings. The van der Waals surface area contributed by atoms with Gasteiger partial charge in [0.2, 0.25) is 5.91 Å². The largest absolute Gasteiger partial charge is 0.480 e. The van der Waals surface area contributed by atoms with Crippen LogP contribution < -0.4 is 5.32 Å². The third kappa shape index (κ3) is 4.27.